The molecule has 1 atom stereocenters. The molecule has 4 rings (SSSR count). The van der Waals surface area contributed by atoms with Crippen LogP contribution in [-0.4, -0.2) is 34.2 Å². The third-order valence-electron chi connectivity index (χ3n) is 4.46. The predicted octanol–water partition coefficient (Wildman–Crippen LogP) is 3.65. The van der Waals surface area contributed by atoms with E-state index in [1.165, 1.54) is 17.2 Å². The quantitative estimate of drug-likeness (QED) is 0.656. The Morgan fingerprint density at radius 3 is 2.75 bits per heavy atom. The summed E-state index contributed by atoms with van der Waals surface area (Å²) in [5.41, 5.74) is 1.89. The van der Waals surface area contributed by atoms with Crippen LogP contribution >= 0.6 is 0 Å². The first-order valence-corrected chi connectivity index (χ1v) is 8.91. The number of hydrogen-bond acceptors (Lipinski definition) is 5. The van der Waals surface area contributed by atoms with Crippen LogP contribution in [0.3, 0.4) is 0 Å². The molecular weight excluding hydrogens is 361 g/mol. The van der Waals surface area contributed by atoms with Gasteiger partial charge in [-0.3, -0.25) is 9.78 Å². The molecule has 1 unspecified atom stereocenters. The molecule has 28 heavy (non-hydrogen) atoms. The first-order chi connectivity index (χ1) is 13.7. The van der Waals surface area contributed by atoms with Gasteiger partial charge in [0.2, 0.25) is 0 Å². The van der Waals surface area contributed by atoms with E-state index in [0.29, 0.717) is 12.0 Å². The Bertz CT molecular complexity index is 974. The number of oxime groups is 1. The average molecular weight is 379 g/mol. The van der Waals surface area contributed by atoms with Crippen molar-refractivity contribution in [2.75, 3.05) is 6.54 Å². The van der Waals surface area contributed by atoms with E-state index in [2.05, 4.69) is 10.1 Å². The summed E-state index contributed by atoms with van der Waals surface area (Å²) in [6.07, 6.45) is 3.29. The molecule has 1 amide bonds. The standard InChI is InChI=1S/C21H18FN3O3/c22-17-7-2-1-6-15(17)13-25(21(26)20-9-5-11-27-20)14-16-12-19(24-28-16)18-8-3-4-10-23-18/h1-11,16H,12-14H2. The number of nitrogens with zero attached hydrogens (tertiary/aromatic N) is 3. The van der Waals surface area contributed by atoms with Gasteiger partial charge in [-0.25, -0.2) is 4.39 Å². The minimum Gasteiger partial charge on any atom is -0.459 e. The fourth-order valence-electron chi connectivity index (χ4n) is 3.06. The van der Waals surface area contributed by atoms with Crippen molar-refractivity contribution in [1.29, 1.82) is 0 Å². The highest BCUT2D eigenvalue weighted by atomic mass is 19.1. The van der Waals surface area contributed by atoms with Gasteiger partial charge >= 0.3 is 0 Å². The topological polar surface area (TPSA) is 67.9 Å². The van der Waals surface area contributed by atoms with Gasteiger partial charge in [0.1, 0.15) is 11.5 Å². The molecular formula is C21H18FN3O3. The highest BCUT2D eigenvalue weighted by molar-refractivity contribution is 5.99. The van der Waals surface area contributed by atoms with E-state index in [1.807, 2.05) is 18.2 Å². The van der Waals surface area contributed by atoms with Gasteiger partial charge in [0.15, 0.2) is 11.9 Å². The van der Waals surface area contributed by atoms with E-state index < -0.39 is 0 Å². The molecule has 0 aliphatic carbocycles. The zero-order chi connectivity index (χ0) is 19.3. The van der Waals surface area contributed by atoms with Gasteiger partial charge in [-0.2, -0.15) is 0 Å². The van der Waals surface area contributed by atoms with Crippen molar-refractivity contribution in [2.45, 2.75) is 19.1 Å². The predicted molar refractivity (Wildman–Crippen MR) is 100 cm³/mol. The number of furan rings is 1. The maximum atomic E-state index is 14.1. The summed E-state index contributed by atoms with van der Waals surface area (Å²) in [5, 5.41) is 4.11. The SMILES string of the molecule is O=C(c1ccco1)N(Cc1ccccc1F)CC1CC(c2ccccn2)=NO1. The number of benzene rings is 1. The third-order valence-corrected chi connectivity index (χ3v) is 4.46. The lowest BCUT2D eigenvalue weighted by molar-refractivity contribution is 0.0385. The molecule has 0 fully saturated rings. The van der Waals surface area contributed by atoms with E-state index in [4.69, 9.17) is 9.25 Å². The number of carbonyl (C=O) groups excluding carboxylic acids is 1. The smallest absolute Gasteiger partial charge is 0.289 e. The molecule has 3 heterocycles. The van der Waals surface area contributed by atoms with Crippen molar-refractivity contribution in [3.63, 3.8) is 0 Å². The minimum absolute atomic E-state index is 0.102. The van der Waals surface area contributed by atoms with E-state index in [-0.39, 0.29) is 36.7 Å². The van der Waals surface area contributed by atoms with Crippen LogP contribution in [0.5, 0.6) is 0 Å². The summed E-state index contributed by atoms with van der Waals surface area (Å²) in [7, 11) is 0. The molecule has 0 spiro atoms. The molecule has 1 aliphatic rings. The molecule has 1 aromatic carbocycles. The van der Waals surface area contributed by atoms with Gasteiger partial charge in [0.25, 0.3) is 5.91 Å². The first kappa shape index (κ1) is 17.9. The van der Waals surface area contributed by atoms with Gasteiger partial charge in [-0.1, -0.05) is 29.4 Å². The fourth-order valence-corrected chi connectivity index (χ4v) is 3.06. The Labute approximate surface area is 161 Å². The van der Waals surface area contributed by atoms with E-state index >= 15 is 0 Å². The lowest BCUT2D eigenvalue weighted by Crippen LogP contribution is -2.37. The second-order valence-electron chi connectivity index (χ2n) is 6.44. The maximum Gasteiger partial charge on any atom is 0.289 e. The normalized spacial score (nSPS) is 15.8. The van der Waals surface area contributed by atoms with E-state index in [1.54, 1.807) is 36.5 Å². The second kappa shape index (κ2) is 8.04. The van der Waals surface area contributed by atoms with Gasteiger partial charge in [-0.15, -0.1) is 0 Å². The van der Waals surface area contributed by atoms with Crippen LogP contribution in [-0.2, 0) is 11.4 Å². The maximum absolute atomic E-state index is 14.1. The number of carbonyl (C=O) groups is 1. The molecule has 0 saturated heterocycles. The molecule has 3 aromatic rings. The lowest BCUT2D eigenvalue weighted by atomic mass is 10.1. The average Bonchev–Trinajstić information content (AvgIpc) is 3.41. The number of hydrogen-bond donors (Lipinski definition) is 0. The van der Waals surface area contributed by atoms with E-state index in [0.717, 1.165) is 11.4 Å². The van der Waals surface area contributed by atoms with Gasteiger partial charge in [0.05, 0.1) is 18.5 Å². The summed E-state index contributed by atoms with van der Waals surface area (Å²) in [4.78, 5) is 24.2. The number of aromatic nitrogens is 1. The van der Waals surface area contributed by atoms with Crippen molar-refractivity contribution >= 4 is 11.6 Å². The van der Waals surface area contributed by atoms with Gasteiger partial charge in [-0.05, 0) is 30.3 Å². The fraction of sp³-hybridized carbons (Fsp3) is 0.190. The van der Waals surface area contributed by atoms with Crippen LogP contribution in [0, 0.1) is 5.82 Å². The lowest BCUT2D eigenvalue weighted by Gasteiger charge is -2.24. The summed E-state index contributed by atoms with van der Waals surface area (Å²) < 4.78 is 19.4. The van der Waals surface area contributed by atoms with Crippen LogP contribution in [0.15, 0.2) is 76.6 Å². The third kappa shape index (κ3) is 3.93. The van der Waals surface area contributed by atoms with Crippen molar-refractivity contribution in [3.05, 3.63) is 89.9 Å². The Kier molecular flexibility index (Phi) is 5.14. The molecule has 6 nitrogen and oxygen atoms in total. The molecule has 0 saturated carbocycles. The molecule has 142 valence electrons. The summed E-state index contributed by atoms with van der Waals surface area (Å²) in [5.74, 6) is -0.499. The van der Waals surface area contributed by atoms with Crippen molar-refractivity contribution < 1.29 is 18.4 Å². The molecule has 0 radical (unpaired) electrons. The molecule has 1 aliphatic heterocycles. The Morgan fingerprint density at radius 1 is 1.14 bits per heavy atom. The van der Waals surface area contributed by atoms with Crippen LogP contribution < -0.4 is 0 Å². The second-order valence-corrected chi connectivity index (χ2v) is 6.44. The number of amides is 1. The van der Waals surface area contributed by atoms with Crippen LogP contribution in [0.25, 0.3) is 0 Å². The van der Waals surface area contributed by atoms with Crippen LogP contribution in [0.1, 0.15) is 28.2 Å². The zero-order valence-corrected chi connectivity index (χ0v) is 15.0. The van der Waals surface area contributed by atoms with Gasteiger partial charge < -0.3 is 14.2 Å². The van der Waals surface area contributed by atoms with Crippen LogP contribution in [0.2, 0.25) is 0 Å². The Hall–Kier alpha value is -3.48. The summed E-state index contributed by atoms with van der Waals surface area (Å²) in [6.45, 7) is 0.346. The Balaban J connectivity index is 1.50. The number of rotatable bonds is 6. The highest BCUT2D eigenvalue weighted by Gasteiger charge is 2.29. The molecule has 0 N–H and O–H groups in total. The van der Waals surface area contributed by atoms with Gasteiger partial charge in [0, 0.05) is 24.7 Å². The van der Waals surface area contributed by atoms with E-state index in [9.17, 15) is 9.18 Å². The van der Waals surface area contributed by atoms with Crippen molar-refractivity contribution in [2.24, 2.45) is 5.16 Å². The largest absolute Gasteiger partial charge is 0.459 e. The molecule has 2 aromatic heterocycles. The monoisotopic (exact) mass is 379 g/mol. The Morgan fingerprint density at radius 2 is 2.00 bits per heavy atom. The molecule has 0 bridgehead atoms. The minimum atomic E-state index is -0.363. The number of pyridine rings is 1. The van der Waals surface area contributed by atoms with Crippen molar-refractivity contribution in [3.8, 4) is 0 Å². The molecule has 7 heteroatoms. The van der Waals surface area contributed by atoms with Crippen molar-refractivity contribution in [1.82, 2.24) is 9.88 Å². The highest BCUT2D eigenvalue weighted by Crippen LogP contribution is 2.20. The van der Waals surface area contributed by atoms with Crippen LogP contribution in [0.4, 0.5) is 4.39 Å². The zero-order valence-electron chi connectivity index (χ0n) is 15.0. The summed E-state index contributed by atoms with van der Waals surface area (Å²) >= 11 is 0. The first-order valence-electron chi connectivity index (χ1n) is 8.91. The summed E-state index contributed by atoms with van der Waals surface area (Å²) in [6, 6.07) is 15.2. The number of halogens is 1.